The zero-order valence-electron chi connectivity index (χ0n) is 14.4. The number of carbonyl (C=O) groups is 2. The van der Waals surface area contributed by atoms with Crippen LogP contribution in [0.3, 0.4) is 0 Å². The van der Waals surface area contributed by atoms with Gasteiger partial charge in [-0.05, 0) is 44.9 Å². The van der Waals surface area contributed by atoms with Crippen LogP contribution < -0.4 is 5.32 Å². The molecule has 0 fully saturated rings. The molecule has 3 rings (SSSR count). The van der Waals surface area contributed by atoms with Gasteiger partial charge < -0.3 is 10.4 Å². The number of aromatic nitrogens is 3. The molecule has 0 radical (unpaired) electrons. The van der Waals surface area contributed by atoms with Gasteiger partial charge in [0.05, 0.1) is 5.52 Å². The summed E-state index contributed by atoms with van der Waals surface area (Å²) in [6.45, 7) is 5.32. The number of benzene rings is 1. The van der Waals surface area contributed by atoms with Crippen molar-refractivity contribution in [1.29, 1.82) is 0 Å². The maximum atomic E-state index is 11.9. The maximum absolute atomic E-state index is 11.9. The van der Waals surface area contributed by atoms with Gasteiger partial charge in [0, 0.05) is 23.2 Å². The van der Waals surface area contributed by atoms with Crippen LogP contribution in [0, 0.1) is 13.8 Å². The smallest absolute Gasteiger partial charge is 0.325 e. The third-order valence-corrected chi connectivity index (χ3v) is 4.37. The largest absolute Gasteiger partial charge is 0.480 e. The molecule has 1 amide bonds. The molecule has 7 nitrogen and oxygen atoms in total. The van der Waals surface area contributed by atoms with Gasteiger partial charge in [-0.2, -0.15) is 5.10 Å². The summed E-state index contributed by atoms with van der Waals surface area (Å²) in [6.07, 6.45) is 0.683. The Kier molecular flexibility index (Phi) is 4.39. The number of aliphatic carboxylic acids is 1. The average molecular weight is 340 g/mol. The number of aryl methyl sites for hydroxylation is 2. The summed E-state index contributed by atoms with van der Waals surface area (Å²) in [5.74, 6) is -1.34. The van der Waals surface area contributed by atoms with Gasteiger partial charge in [-0.3, -0.25) is 9.59 Å². The molecule has 0 bridgehead atoms. The van der Waals surface area contributed by atoms with Gasteiger partial charge in [-0.15, -0.1) is 0 Å². The van der Waals surface area contributed by atoms with Crippen molar-refractivity contribution in [2.24, 2.45) is 0 Å². The summed E-state index contributed by atoms with van der Waals surface area (Å²) in [4.78, 5) is 27.4. The fourth-order valence-electron chi connectivity index (χ4n) is 2.95. The molecule has 2 aromatic heterocycles. The molecule has 0 aliphatic carbocycles. The monoisotopic (exact) mass is 340 g/mol. The minimum absolute atomic E-state index is 0.202. The third kappa shape index (κ3) is 3.17. The number of nitrogens with zero attached hydrogens (tertiary/aromatic N) is 3. The quantitative estimate of drug-likeness (QED) is 0.741. The standard InChI is InChI=1S/C18H20N4O3/c1-10-13(8-9-16(23)19-11(2)18(24)25)12(3)22-17(20-10)14-6-4-5-7-15(14)21-22/h4-7,11H,8-9H2,1-3H3,(H,19,23)(H,24,25)/t11-/m0/s1. The van der Waals surface area contributed by atoms with Crippen LogP contribution in [0.5, 0.6) is 0 Å². The maximum Gasteiger partial charge on any atom is 0.325 e. The highest BCUT2D eigenvalue weighted by Gasteiger charge is 2.17. The normalized spacial score (nSPS) is 12.4. The molecule has 1 atom stereocenters. The number of carboxylic acids is 1. The Balaban J connectivity index is 1.88. The lowest BCUT2D eigenvalue weighted by atomic mass is 10.1. The molecule has 1 aromatic carbocycles. The predicted molar refractivity (Wildman–Crippen MR) is 93.5 cm³/mol. The summed E-state index contributed by atoms with van der Waals surface area (Å²) in [5.41, 5.74) is 4.44. The molecule has 0 saturated carbocycles. The lowest BCUT2D eigenvalue weighted by Crippen LogP contribution is -2.38. The van der Waals surface area contributed by atoms with E-state index in [9.17, 15) is 9.59 Å². The minimum atomic E-state index is -1.05. The Labute approximate surface area is 144 Å². The van der Waals surface area contributed by atoms with Crippen LogP contribution in [-0.2, 0) is 16.0 Å². The summed E-state index contributed by atoms with van der Waals surface area (Å²) < 4.78 is 1.81. The number of nitrogens with one attached hydrogen (secondary N) is 1. The number of carboxylic acid groups (broad SMARTS) is 1. The predicted octanol–water partition coefficient (Wildman–Crippen LogP) is 2.02. The van der Waals surface area contributed by atoms with Crippen molar-refractivity contribution in [1.82, 2.24) is 19.9 Å². The van der Waals surface area contributed by atoms with Crippen molar-refractivity contribution < 1.29 is 14.7 Å². The molecular weight excluding hydrogens is 320 g/mol. The first-order valence-electron chi connectivity index (χ1n) is 8.14. The Hall–Kier alpha value is -2.96. The van der Waals surface area contributed by atoms with E-state index in [0.29, 0.717) is 6.42 Å². The van der Waals surface area contributed by atoms with E-state index in [1.165, 1.54) is 6.92 Å². The van der Waals surface area contributed by atoms with Crippen LogP contribution in [0.25, 0.3) is 16.6 Å². The SMILES string of the molecule is Cc1nc2c3ccccc3nn2c(C)c1CCC(=O)N[C@@H](C)C(=O)O. The highest BCUT2D eigenvalue weighted by molar-refractivity contribution is 5.92. The summed E-state index contributed by atoms with van der Waals surface area (Å²) in [6, 6.07) is 6.93. The highest BCUT2D eigenvalue weighted by Crippen LogP contribution is 2.22. The van der Waals surface area contributed by atoms with Crippen molar-refractivity contribution in [3.63, 3.8) is 0 Å². The highest BCUT2D eigenvalue weighted by atomic mass is 16.4. The van der Waals surface area contributed by atoms with Crippen molar-refractivity contribution >= 4 is 28.4 Å². The second-order valence-electron chi connectivity index (χ2n) is 6.14. The van der Waals surface area contributed by atoms with Crippen LogP contribution >= 0.6 is 0 Å². The molecular formula is C18H20N4O3. The van der Waals surface area contributed by atoms with E-state index in [2.05, 4.69) is 15.4 Å². The number of hydrogen-bond donors (Lipinski definition) is 2. The van der Waals surface area contributed by atoms with E-state index >= 15 is 0 Å². The third-order valence-electron chi connectivity index (χ3n) is 4.37. The zero-order valence-corrected chi connectivity index (χ0v) is 14.4. The average Bonchev–Trinajstić information content (AvgIpc) is 2.93. The van der Waals surface area contributed by atoms with Gasteiger partial charge >= 0.3 is 5.97 Å². The van der Waals surface area contributed by atoms with E-state index in [0.717, 1.165) is 33.5 Å². The van der Waals surface area contributed by atoms with Crippen LogP contribution in [0.4, 0.5) is 0 Å². The van der Waals surface area contributed by atoms with E-state index < -0.39 is 12.0 Å². The molecule has 0 spiro atoms. The van der Waals surface area contributed by atoms with Gasteiger partial charge in [0.2, 0.25) is 5.91 Å². The summed E-state index contributed by atoms with van der Waals surface area (Å²) in [7, 11) is 0. The lowest BCUT2D eigenvalue weighted by Gasteiger charge is -2.12. The van der Waals surface area contributed by atoms with Crippen molar-refractivity contribution in [2.45, 2.75) is 39.7 Å². The van der Waals surface area contributed by atoms with Crippen LogP contribution in [0.2, 0.25) is 0 Å². The molecule has 7 heteroatoms. The lowest BCUT2D eigenvalue weighted by molar-refractivity contribution is -0.141. The van der Waals surface area contributed by atoms with Crippen LogP contribution in [0.1, 0.15) is 30.3 Å². The first-order chi connectivity index (χ1) is 11.9. The fraction of sp³-hybridized carbons (Fsp3) is 0.333. The second-order valence-corrected chi connectivity index (χ2v) is 6.14. The Morgan fingerprint density at radius 1 is 1.28 bits per heavy atom. The zero-order chi connectivity index (χ0) is 18.1. The van der Waals surface area contributed by atoms with Gasteiger partial charge in [-0.25, -0.2) is 9.50 Å². The molecule has 2 N–H and O–H groups in total. The Morgan fingerprint density at radius 2 is 2.00 bits per heavy atom. The van der Waals surface area contributed by atoms with E-state index in [1.807, 2.05) is 42.6 Å². The van der Waals surface area contributed by atoms with Gasteiger partial charge in [-0.1, -0.05) is 12.1 Å². The van der Waals surface area contributed by atoms with E-state index in [4.69, 9.17) is 5.11 Å². The molecule has 25 heavy (non-hydrogen) atoms. The topological polar surface area (TPSA) is 96.6 Å². The van der Waals surface area contributed by atoms with Crippen molar-refractivity contribution in [3.8, 4) is 0 Å². The molecule has 0 aliphatic rings. The van der Waals surface area contributed by atoms with Gasteiger partial charge in [0.15, 0.2) is 5.65 Å². The molecule has 0 unspecified atom stereocenters. The number of amides is 1. The molecule has 0 saturated heterocycles. The summed E-state index contributed by atoms with van der Waals surface area (Å²) in [5, 5.41) is 16.9. The van der Waals surface area contributed by atoms with Crippen molar-refractivity contribution in [3.05, 3.63) is 41.2 Å². The second kappa shape index (κ2) is 6.51. The Bertz CT molecular complexity index is 977. The number of fused-ring (bicyclic) bond motifs is 3. The molecule has 2 heterocycles. The van der Waals surface area contributed by atoms with Gasteiger partial charge in [0.25, 0.3) is 0 Å². The number of carbonyl (C=O) groups excluding carboxylic acids is 1. The number of hydrogen-bond acceptors (Lipinski definition) is 4. The fourth-order valence-corrected chi connectivity index (χ4v) is 2.95. The first-order valence-corrected chi connectivity index (χ1v) is 8.14. The first kappa shape index (κ1) is 16.9. The van der Waals surface area contributed by atoms with E-state index in [-0.39, 0.29) is 12.3 Å². The van der Waals surface area contributed by atoms with Crippen LogP contribution in [0.15, 0.2) is 24.3 Å². The minimum Gasteiger partial charge on any atom is -0.480 e. The summed E-state index contributed by atoms with van der Waals surface area (Å²) >= 11 is 0. The molecule has 130 valence electrons. The van der Waals surface area contributed by atoms with Gasteiger partial charge in [0.1, 0.15) is 6.04 Å². The molecule has 3 aromatic rings. The Morgan fingerprint density at radius 3 is 2.72 bits per heavy atom. The number of rotatable bonds is 5. The van der Waals surface area contributed by atoms with Crippen molar-refractivity contribution in [2.75, 3.05) is 0 Å². The van der Waals surface area contributed by atoms with E-state index in [1.54, 1.807) is 0 Å². The van der Waals surface area contributed by atoms with Crippen LogP contribution in [-0.4, -0.2) is 37.6 Å². The molecule has 0 aliphatic heterocycles.